The maximum atomic E-state index is 12.4. The van der Waals surface area contributed by atoms with E-state index in [0.717, 1.165) is 26.3 Å². The molecule has 0 spiro atoms. The van der Waals surface area contributed by atoms with Crippen LogP contribution in [-0.4, -0.2) is 29.5 Å². The van der Waals surface area contributed by atoms with Crippen molar-refractivity contribution >= 4 is 62.5 Å². The zero-order valence-corrected chi connectivity index (χ0v) is 22.1. The summed E-state index contributed by atoms with van der Waals surface area (Å²) in [6.45, 7) is 0.538. The first kappa shape index (κ1) is 25.7. The van der Waals surface area contributed by atoms with Crippen molar-refractivity contribution in [1.29, 1.82) is 0 Å². The van der Waals surface area contributed by atoms with Crippen LogP contribution in [0.3, 0.4) is 0 Å². The number of halogens is 2. The molecule has 1 N–H and O–H groups in total. The molecular formula is C25H23BrClNO3S2. The van der Waals surface area contributed by atoms with Crippen molar-refractivity contribution in [3.8, 4) is 11.5 Å². The summed E-state index contributed by atoms with van der Waals surface area (Å²) in [6.07, 6.45) is 6.20. The van der Waals surface area contributed by atoms with Gasteiger partial charge in [-0.05, 0) is 99.4 Å². The number of nitrogens with one attached hydrogen (secondary N) is 1. The molecule has 4 nitrogen and oxygen atoms in total. The fraction of sp³-hybridized carbons (Fsp3) is 0.160. The standard InChI is InChI=1S/C25H23BrClNO3S2/c1-32-24(33(2)30)16-18-5-12-23(22(26)15-18)31-21-10-6-19(7-11-21)25(29)28-14-13-17-3-8-20(27)9-4-17/h3-12,15-16H,13-14H2,1-2H3,(H,28,29)/b24-16+. The van der Waals surface area contributed by atoms with Gasteiger partial charge in [-0.25, -0.2) is 0 Å². The van der Waals surface area contributed by atoms with E-state index in [1.165, 1.54) is 11.8 Å². The van der Waals surface area contributed by atoms with Crippen molar-refractivity contribution in [2.45, 2.75) is 6.42 Å². The number of ether oxygens (including phenoxy) is 1. The lowest BCUT2D eigenvalue weighted by Gasteiger charge is -2.10. The number of rotatable bonds is 9. The molecule has 1 amide bonds. The molecule has 0 fully saturated rings. The number of amides is 1. The van der Waals surface area contributed by atoms with E-state index in [1.54, 1.807) is 30.5 Å². The maximum Gasteiger partial charge on any atom is 0.251 e. The van der Waals surface area contributed by atoms with Gasteiger partial charge in [0.25, 0.3) is 5.91 Å². The summed E-state index contributed by atoms with van der Waals surface area (Å²) in [5.41, 5.74) is 2.61. The van der Waals surface area contributed by atoms with Crippen LogP contribution in [0.25, 0.3) is 6.08 Å². The monoisotopic (exact) mass is 563 g/mol. The van der Waals surface area contributed by atoms with Gasteiger partial charge in [0.15, 0.2) is 4.24 Å². The van der Waals surface area contributed by atoms with Gasteiger partial charge in [0.2, 0.25) is 0 Å². The van der Waals surface area contributed by atoms with Gasteiger partial charge < -0.3 is 14.6 Å². The van der Waals surface area contributed by atoms with Crippen LogP contribution in [0.5, 0.6) is 11.5 Å². The highest BCUT2D eigenvalue weighted by Crippen LogP contribution is 2.32. The van der Waals surface area contributed by atoms with Crippen molar-refractivity contribution in [3.05, 3.63) is 97.2 Å². The summed E-state index contributed by atoms with van der Waals surface area (Å²) in [5.74, 6) is 1.14. The van der Waals surface area contributed by atoms with Crippen molar-refractivity contribution in [3.63, 3.8) is 0 Å². The first-order chi connectivity index (χ1) is 15.9. The van der Waals surface area contributed by atoms with Gasteiger partial charge in [0, 0.05) is 23.2 Å². The molecule has 0 bridgehead atoms. The van der Waals surface area contributed by atoms with Gasteiger partial charge in [-0.1, -0.05) is 41.6 Å². The van der Waals surface area contributed by atoms with Gasteiger partial charge in [-0.2, -0.15) is 0 Å². The number of thioether (sulfide) groups is 1. The van der Waals surface area contributed by atoms with Gasteiger partial charge in [0.05, 0.1) is 4.47 Å². The molecule has 1 atom stereocenters. The van der Waals surface area contributed by atoms with Crippen LogP contribution in [0, 0.1) is 0 Å². The van der Waals surface area contributed by atoms with Crippen molar-refractivity contribution in [1.82, 2.24) is 5.32 Å². The summed E-state index contributed by atoms with van der Waals surface area (Å²) in [6, 6.07) is 20.3. The average molecular weight is 565 g/mol. The second-order valence-electron chi connectivity index (χ2n) is 7.07. The first-order valence-corrected chi connectivity index (χ1v) is 14.0. The summed E-state index contributed by atoms with van der Waals surface area (Å²) in [7, 11) is 0. The van der Waals surface area contributed by atoms with Crippen LogP contribution >= 0.6 is 39.3 Å². The molecule has 0 aliphatic heterocycles. The molecular weight excluding hydrogens is 542 g/mol. The molecule has 0 heterocycles. The predicted octanol–water partition coefficient (Wildman–Crippen LogP) is 6.91. The molecule has 33 heavy (non-hydrogen) atoms. The Morgan fingerprint density at radius 1 is 1.15 bits per heavy atom. The van der Waals surface area contributed by atoms with Gasteiger partial charge in [-0.15, -0.1) is 0 Å². The van der Waals surface area contributed by atoms with Crippen LogP contribution in [0.4, 0.5) is 0 Å². The van der Waals surface area contributed by atoms with Crippen LogP contribution in [0.2, 0.25) is 5.02 Å². The van der Waals surface area contributed by atoms with E-state index in [1.807, 2.05) is 54.8 Å². The second kappa shape index (κ2) is 12.5. The Balaban J connectivity index is 1.57. The maximum absolute atomic E-state index is 12.4. The minimum Gasteiger partial charge on any atom is -0.611 e. The Labute approximate surface area is 215 Å². The Kier molecular flexibility index (Phi) is 9.77. The highest BCUT2D eigenvalue weighted by molar-refractivity contribution is 9.10. The molecule has 3 rings (SSSR count). The highest BCUT2D eigenvalue weighted by atomic mass is 79.9. The van der Waals surface area contributed by atoms with E-state index in [4.69, 9.17) is 16.3 Å². The number of benzene rings is 3. The molecule has 0 aromatic heterocycles. The molecule has 3 aromatic carbocycles. The third kappa shape index (κ3) is 7.83. The van der Waals surface area contributed by atoms with Gasteiger partial charge in [-0.3, -0.25) is 4.79 Å². The normalized spacial score (nSPS) is 12.3. The van der Waals surface area contributed by atoms with Crippen molar-refractivity contribution in [2.24, 2.45) is 0 Å². The molecule has 0 radical (unpaired) electrons. The summed E-state index contributed by atoms with van der Waals surface area (Å²) in [4.78, 5) is 12.4. The zero-order chi connectivity index (χ0) is 23.8. The summed E-state index contributed by atoms with van der Waals surface area (Å²) in [5, 5.41) is 3.62. The van der Waals surface area contributed by atoms with E-state index in [-0.39, 0.29) is 5.91 Å². The lowest BCUT2D eigenvalue weighted by atomic mass is 10.1. The first-order valence-electron chi connectivity index (χ1n) is 10.0. The predicted molar refractivity (Wildman–Crippen MR) is 144 cm³/mol. The smallest absolute Gasteiger partial charge is 0.251 e. The van der Waals surface area contributed by atoms with E-state index in [0.29, 0.717) is 28.6 Å². The van der Waals surface area contributed by atoms with Crippen LogP contribution in [-0.2, 0) is 17.6 Å². The lowest BCUT2D eigenvalue weighted by Crippen LogP contribution is -2.25. The van der Waals surface area contributed by atoms with E-state index in [2.05, 4.69) is 21.2 Å². The Morgan fingerprint density at radius 3 is 2.45 bits per heavy atom. The fourth-order valence-electron chi connectivity index (χ4n) is 2.96. The average Bonchev–Trinajstić information content (AvgIpc) is 2.80. The Morgan fingerprint density at radius 2 is 1.85 bits per heavy atom. The number of carbonyl (C=O) groups excluding carboxylic acids is 1. The molecule has 1 unspecified atom stereocenters. The molecule has 0 aliphatic carbocycles. The fourth-order valence-corrected chi connectivity index (χ4v) is 5.06. The topological polar surface area (TPSA) is 61.4 Å². The molecule has 0 saturated heterocycles. The Hall–Kier alpha value is -1.90. The van der Waals surface area contributed by atoms with Crippen LogP contribution < -0.4 is 10.1 Å². The molecule has 0 aliphatic rings. The highest BCUT2D eigenvalue weighted by Gasteiger charge is 2.10. The lowest BCUT2D eigenvalue weighted by molar-refractivity contribution is 0.0954. The minimum absolute atomic E-state index is 0.134. The van der Waals surface area contributed by atoms with Crippen molar-refractivity contribution < 1.29 is 14.1 Å². The quantitative estimate of drug-likeness (QED) is 0.287. The summed E-state index contributed by atoms with van der Waals surface area (Å²) < 4.78 is 19.3. The summed E-state index contributed by atoms with van der Waals surface area (Å²) >= 11 is 9.87. The van der Waals surface area contributed by atoms with Crippen LogP contribution in [0.15, 0.2) is 75.4 Å². The molecule has 3 aromatic rings. The third-order valence-corrected chi connectivity index (χ3v) is 7.96. The SMILES string of the molecule is CS/C(=C\c1ccc(Oc2ccc(C(=O)NCCc3ccc(Cl)cc3)cc2)c(Br)c1)[S+](C)[O-]. The van der Waals surface area contributed by atoms with E-state index in [9.17, 15) is 9.35 Å². The second-order valence-corrected chi connectivity index (χ2v) is 10.8. The number of hydrogen-bond donors (Lipinski definition) is 1. The minimum atomic E-state index is -1.03. The number of carbonyl (C=O) groups is 1. The van der Waals surface area contributed by atoms with E-state index >= 15 is 0 Å². The number of hydrogen-bond acceptors (Lipinski definition) is 4. The Bertz CT molecular complexity index is 1120. The largest absolute Gasteiger partial charge is 0.611 e. The van der Waals surface area contributed by atoms with Crippen LogP contribution in [0.1, 0.15) is 21.5 Å². The van der Waals surface area contributed by atoms with Crippen molar-refractivity contribution in [2.75, 3.05) is 19.1 Å². The molecule has 172 valence electrons. The molecule has 0 saturated carbocycles. The molecule has 8 heteroatoms. The third-order valence-electron chi connectivity index (χ3n) is 4.68. The van der Waals surface area contributed by atoms with Gasteiger partial charge in [0.1, 0.15) is 17.8 Å². The zero-order valence-electron chi connectivity index (χ0n) is 18.1. The van der Waals surface area contributed by atoms with Gasteiger partial charge >= 0.3 is 0 Å². The van der Waals surface area contributed by atoms with E-state index < -0.39 is 11.2 Å².